The fourth-order valence-electron chi connectivity index (χ4n) is 2.18. The van der Waals surface area contributed by atoms with Gasteiger partial charge in [-0.15, -0.1) is 0 Å². The van der Waals surface area contributed by atoms with E-state index >= 15 is 0 Å². The summed E-state index contributed by atoms with van der Waals surface area (Å²) in [6.07, 6.45) is 3.20. The Hall–Kier alpha value is -0.710. The molecule has 1 heterocycles. The zero-order chi connectivity index (χ0) is 12.3. The molecule has 2 atom stereocenters. The zero-order valence-corrected chi connectivity index (χ0v) is 11.2. The molecule has 1 aromatic rings. The van der Waals surface area contributed by atoms with Crippen LogP contribution in [0.15, 0.2) is 29.2 Å². The fourth-order valence-corrected chi connectivity index (χ4v) is 3.67. The lowest BCUT2D eigenvalue weighted by molar-refractivity contribution is -0.00519. The summed E-state index contributed by atoms with van der Waals surface area (Å²) in [7, 11) is 0.589. The lowest BCUT2D eigenvalue weighted by Crippen LogP contribution is -2.41. The van der Waals surface area contributed by atoms with E-state index in [-0.39, 0.29) is 6.23 Å². The monoisotopic (exact) mass is 253 g/mol. The van der Waals surface area contributed by atoms with E-state index in [4.69, 9.17) is 4.74 Å². The topological polar surface area (TPSA) is 29.5 Å². The molecule has 0 spiro atoms. The summed E-state index contributed by atoms with van der Waals surface area (Å²) in [5, 5.41) is 0. The Morgan fingerprint density at radius 1 is 1.35 bits per heavy atom. The van der Waals surface area contributed by atoms with E-state index in [1.165, 1.54) is 0 Å². The molecule has 1 unspecified atom stereocenters. The average Bonchev–Trinajstić information content (AvgIpc) is 2.38. The van der Waals surface area contributed by atoms with Crippen molar-refractivity contribution in [2.75, 3.05) is 13.7 Å². The average molecular weight is 253 g/mol. The molecule has 1 saturated heterocycles. The minimum atomic E-state index is -1.10. The minimum absolute atomic E-state index is 0.0100. The van der Waals surface area contributed by atoms with E-state index in [9.17, 15) is 4.21 Å². The second kappa shape index (κ2) is 5.76. The largest absolute Gasteiger partial charge is 0.365 e. The van der Waals surface area contributed by atoms with E-state index in [2.05, 4.69) is 0 Å². The van der Waals surface area contributed by atoms with Crippen LogP contribution in [0, 0.1) is 6.92 Å². The first kappa shape index (κ1) is 12.7. The van der Waals surface area contributed by atoms with Crippen LogP contribution in [0.5, 0.6) is 0 Å². The lowest BCUT2D eigenvalue weighted by atomic mass is 10.1. The molecule has 2 rings (SSSR count). The maximum absolute atomic E-state index is 12.5. The van der Waals surface area contributed by atoms with Crippen LogP contribution in [-0.4, -0.2) is 28.4 Å². The second-order valence-electron chi connectivity index (χ2n) is 4.34. The van der Waals surface area contributed by atoms with Gasteiger partial charge in [-0.05, 0) is 37.8 Å². The van der Waals surface area contributed by atoms with Crippen molar-refractivity contribution < 1.29 is 8.95 Å². The number of rotatable bonds is 3. The summed E-state index contributed by atoms with van der Waals surface area (Å²) in [6.45, 7) is 2.85. The predicted octanol–water partition coefficient (Wildman–Crippen LogP) is 2.48. The zero-order valence-electron chi connectivity index (χ0n) is 10.4. The highest BCUT2D eigenvalue weighted by Gasteiger charge is 2.27. The van der Waals surface area contributed by atoms with Crippen molar-refractivity contribution in [1.29, 1.82) is 0 Å². The van der Waals surface area contributed by atoms with E-state index in [0.717, 1.165) is 36.3 Å². The van der Waals surface area contributed by atoms with Crippen molar-refractivity contribution in [3.05, 3.63) is 29.8 Å². The summed E-state index contributed by atoms with van der Waals surface area (Å²) in [5.41, 5.74) is 1.08. The molecular weight excluding hydrogens is 234 g/mol. The van der Waals surface area contributed by atoms with Gasteiger partial charge in [0.1, 0.15) is 17.2 Å². The number of piperidine rings is 1. The molecule has 94 valence electrons. The van der Waals surface area contributed by atoms with Gasteiger partial charge in [0, 0.05) is 13.7 Å². The number of hydrogen-bond acceptors (Lipinski definition) is 2. The van der Waals surface area contributed by atoms with Gasteiger partial charge < -0.3 is 4.74 Å². The Balaban J connectivity index is 2.21. The van der Waals surface area contributed by atoms with Crippen LogP contribution in [-0.2, 0) is 15.7 Å². The predicted molar refractivity (Wildman–Crippen MR) is 68.9 cm³/mol. The van der Waals surface area contributed by atoms with E-state index in [0.29, 0.717) is 0 Å². The van der Waals surface area contributed by atoms with Crippen LogP contribution in [0.2, 0.25) is 0 Å². The van der Waals surface area contributed by atoms with Gasteiger partial charge in [0.15, 0.2) is 0 Å². The van der Waals surface area contributed by atoms with Crippen molar-refractivity contribution in [3.63, 3.8) is 0 Å². The third kappa shape index (κ3) is 2.76. The van der Waals surface area contributed by atoms with Gasteiger partial charge in [0.05, 0.1) is 4.90 Å². The van der Waals surface area contributed by atoms with Gasteiger partial charge in [-0.2, -0.15) is 4.31 Å². The summed E-state index contributed by atoms with van der Waals surface area (Å²) in [6, 6.07) is 7.85. The van der Waals surface area contributed by atoms with Crippen molar-refractivity contribution in [2.24, 2.45) is 0 Å². The van der Waals surface area contributed by atoms with Crippen LogP contribution < -0.4 is 0 Å². The maximum atomic E-state index is 12.5. The molecule has 1 aromatic carbocycles. The number of methoxy groups -OCH3 is 1. The first-order valence-electron chi connectivity index (χ1n) is 6.01. The Kier molecular flexibility index (Phi) is 4.31. The molecule has 0 amide bonds. The molecular formula is C13H19NO2S. The Labute approximate surface area is 105 Å². The molecule has 1 aliphatic heterocycles. The van der Waals surface area contributed by atoms with Crippen LogP contribution in [0.4, 0.5) is 0 Å². The van der Waals surface area contributed by atoms with Crippen molar-refractivity contribution >= 4 is 11.0 Å². The quantitative estimate of drug-likeness (QED) is 0.828. The molecule has 17 heavy (non-hydrogen) atoms. The number of aryl methyl sites for hydroxylation is 1. The molecule has 4 heteroatoms. The number of hydrogen-bond donors (Lipinski definition) is 0. The van der Waals surface area contributed by atoms with Crippen LogP contribution in [0.1, 0.15) is 24.8 Å². The normalized spacial score (nSPS) is 23.5. The molecule has 0 radical (unpaired) electrons. The Bertz CT molecular complexity index is 408. The molecule has 0 saturated carbocycles. The number of nitrogens with zero attached hydrogens (tertiary/aromatic N) is 1. The fraction of sp³-hybridized carbons (Fsp3) is 0.538. The second-order valence-corrected chi connectivity index (χ2v) is 5.75. The molecule has 0 N–H and O–H groups in total. The lowest BCUT2D eigenvalue weighted by Gasteiger charge is -2.33. The molecule has 3 nitrogen and oxygen atoms in total. The van der Waals surface area contributed by atoms with Crippen molar-refractivity contribution in [2.45, 2.75) is 37.3 Å². The number of ether oxygens (including phenoxy) is 1. The van der Waals surface area contributed by atoms with E-state index < -0.39 is 11.0 Å². The van der Waals surface area contributed by atoms with Gasteiger partial charge in [-0.1, -0.05) is 18.2 Å². The Morgan fingerprint density at radius 2 is 2.12 bits per heavy atom. The number of benzene rings is 1. The van der Waals surface area contributed by atoms with Gasteiger partial charge >= 0.3 is 0 Å². The minimum Gasteiger partial charge on any atom is -0.365 e. The van der Waals surface area contributed by atoms with Crippen LogP contribution >= 0.6 is 0 Å². The van der Waals surface area contributed by atoms with Gasteiger partial charge in [-0.3, -0.25) is 0 Å². The molecule has 1 aliphatic rings. The summed E-state index contributed by atoms with van der Waals surface area (Å²) in [5.74, 6) is 0. The third-order valence-corrected chi connectivity index (χ3v) is 4.85. The van der Waals surface area contributed by atoms with Crippen molar-refractivity contribution in [3.8, 4) is 0 Å². The van der Waals surface area contributed by atoms with Crippen molar-refractivity contribution in [1.82, 2.24) is 4.31 Å². The summed E-state index contributed by atoms with van der Waals surface area (Å²) >= 11 is 0. The van der Waals surface area contributed by atoms with Crippen LogP contribution in [0.25, 0.3) is 0 Å². The van der Waals surface area contributed by atoms with Crippen LogP contribution in [0.3, 0.4) is 0 Å². The van der Waals surface area contributed by atoms with E-state index in [1.807, 2.05) is 35.5 Å². The molecule has 1 fully saturated rings. The highest BCUT2D eigenvalue weighted by atomic mass is 32.2. The van der Waals surface area contributed by atoms with Gasteiger partial charge in [0.25, 0.3) is 0 Å². The highest BCUT2D eigenvalue weighted by Crippen LogP contribution is 2.24. The molecule has 0 aromatic heterocycles. The van der Waals surface area contributed by atoms with E-state index in [1.54, 1.807) is 7.11 Å². The SMILES string of the molecule is CO[C@@H]1CCCCN1S(=O)c1ccccc1C. The summed E-state index contributed by atoms with van der Waals surface area (Å²) < 4.78 is 19.9. The maximum Gasteiger partial charge on any atom is 0.130 e. The van der Waals surface area contributed by atoms with Gasteiger partial charge in [-0.25, -0.2) is 4.21 Å². The first-order valence-corrected chi connectivity index (χ1v) is 7.11. The standard InChI is InChI=1S/C13H19NO2S/c1-11-7-3-4-8-12(11)17(15)14-10-6-5-9-13(14)16-2/h3-4,7-8,13H,5-6,9-10H2,1-2H3/t13-,17?/m1/s1. The smallest absolute Gasteiger partial charge is 0.130 e. The first-order chi connectivity index (χ1) is 8.24. The highest BCUT2D eigenvalue weighted by molar-refractivity contribution is 7.82. The molecule has 0 aliphatic carbocycles. The molecule has 0 bridgehead atoms. The summed E-state index contributed by atoms with van der Waals surface area (Å²) in [4.78, 5) is 0.899. The third-order valence-electron chi connectivity index (χ3n) is 3.17. The van der Waals surface area contributed by atoms with Gasteiger partial charge in [0.2, 0.25) is 0 Å². The Morgan fingerprint density at radius 3 is 2.82 bits per heavy atom.